The van der Waals surface area contributed by atoms with Gasteiger partial charge in [0.1, 0.15) is 5.75 Å². The van der Waals surface area contributed by atoms with E-state index in [1.807, 2.05) is 66.7 Å². The predicted molar refractivity (Wildman–Crippen MR) is 130 cm³/mol. The predicted octanol–water partition coefficient (Wildman–Crippen LogP) is 4.82. The standard InChI is InChI=1S/C26H22N2O4S/c29-24(30)18-32-22-13-7-12-21(14-22)15-23-25(31)28(17-20-10-5-2-6-11-20)26(33-23)27-16-19-8-3-1-4-9-19/h1-15H,16-18H2,(H,29,30)/b23-15-,27-26?. The molecule has 6 nitrogen and oxygen atoms in total. The maximum Gasteiger partial charge on any atom is 0.341 e. The second kappa shape index (κ2) is 10.7. The third-order valence-corrected chi connectivity index (χ3v) is 5.87. The summed E-state index contributed by atoms with van der Waals surface area (Å²) in [6.07, 6.45) is 1.78. The molecule has 0 saturated carbocycles. The summed E-state index contributed by atoms with van der Waals surface area (Å²) in [5.41, 5.74) is 2.83. The van der Waals surface area contributed by atoms with E-state index in [0.29, 0.717) is 28.9 Å². The summed E-state index contributed by atoms with van der Waals surface area (Å²) in [6, 6.07) is 26.7. The number of rotatable bonds is 8. The first-order valence-corrected chi connectivity index (χ1v) is 11.2. The van der Waals surface area contributed by atoms with Crippen molar-refractivity contribution in [2.45, 2.75) is 13.1 Å². The molecule has 1 aliphatic heterocycles. The zero-order valence-corrected chi connectivity index (χ0v) is 18.6. The molecule has 33 heavy (non-hydrogen) atoms. The van der Waals surface area contributed by atoms with Crippen molar-refractivity contribution < 1.29 is 19.4 Å². The van der Waals surface area contributed by atoms with Crippen molar-refractivity contribution in [3.63, 3.8) is 0 Å². The van der Waals surface area contributed by atoms with Crippen LogP contribution in [0.5, 0.6) is 5.75 Å². The van der Waals surface area contributed by atoms with Gasteiger partial charge in [0.15, 0.2) is 11.8 Å². The van der Waals surface area contributed by atoms with E-state index in [-0.39, 0.29) is 5.91 Å². The summed E-state index contributed by atoms with van der Waals surface area (Å²) in [7, 11) is 0. The first-order valence-electron chi connectivity index (χ1n) is 10.4. The number of aliphatic imine (C=N–C) groups is 1. The van der Waals surface area contributed by atoms with Gasteiger partial charge in [0.05, 0.1) is 18.0 Å². The minimum absolute atomic E-state index is 0.118. The second-order valence-electron chi connectivity index (χ2n) is 7.33. The Morgan fingerprint density at radius 2 is 1.67 bits per heavy atom. The smallest absolute Gasteiger partial charge is 0.341 e. The molecule has 1 heterocycles. The zero-order chi connectivity index (χ0) is 23.0. The molecule has 7 heteroatoms. The van der Waals surface area contributed by atoms with Crippen molar-refractivity contribution in [2.75, 3.05) is 6.61 Å². The Labute approximate surface area is 196 Å². The molecule has 166 valence electrons. The van der Waals surface area contributed by atoms with Crippen molar-refractivity contribution in [3.8, 4) is 5.75 Å². The lowest BCUT2D eigenvalue weighted by Gasteiger charge is -2.15. The summed E-state index contributed by atoms with van der Waals surface area (Å²) in [4.78, 5) is 31.0. The number of carboxylic acid groups (broad SMARTS) is 1. The van der Waals surface area contributed by atoms with Crippen LogP contribution in [0.15, 0.2) is 94.8 Å². The van der Waals surface area contributed by atoms with Crippen molar-refractivity contribution in [2.24, 2.45) is 4.99 Å². The van der Waals surface area contributed by atoms with Gasteiger partial charge in [-0.05, 0) is 46.7 Å². The van der Waals surface area contributed by atoms with Gasteiger partial charge in [-0.1, -0.05) is 72.8 Å². The largest absolute Gasteiger partial charge is 0.482 e. The van der Waals surface area contributed by atoms with Crippen LogP contribution in [-0.2, 0) is 22.7 Å². The van der Waals surface area contributed by atoms with Gasteiger partial charge in [-0.15, -0.1) is 0 Å². The second-order valence-corrected chi connectivity index (χ2v) is 8.34. The summed E-state index contributed by atoms with van der Waals surface area (Å²) in [5.74, 6) is -0.732. The Morgan fingerprint density at radius 1 is 0.970 bits per heavy atom. The van der Waals surface area contributed by atoms with Crippen molar-refractivity contribution >= 4 is 34.9 Å². The van der Waals surface area contributed by atoms with Crippen LogP contribution in [0.4, 0.5) is 0 Å². The molecule has 0 radical (unpaired) electrons. The lowest BCUT2D eigenvalue weighted by Crippen LogP contribution is -2.28. The highest BCUT2D eigenvalue weighted by molar-refractivity contribution is 8.18. The first-order chi connectivity index (χ1) is 16.1. The Bertz CT molecular complexity index is 1190. The average Bonchev–Trinajstić information content (AvgIpc) is 3.12. The van der Waals surface area contributed by atoms with E-state index >= 15 is 0 Å². The number of carbonyl (C=O) groups is 2. The third kappa shape index (κ3) is 6.11. The lowest BCUT2D eigenvalue weighted by atomic mass is 10.2. The molecule has 3 aromatic carbocycles. The minimum Gasteiger partial charge on any atom is -0.482 e. The van der Waals surface area contributed by atoms with E-state index in [1.54, 1.807) is 29.2 Å². The number of thioether (sulfide) groups is 1. The topological polar surface area (TPSA) is 79.2 Å². The molecule has 1 fully saturated rings. The van der Waals surface area contributed by atoms with Crippen molar-refractivity contribution in [1.29, 1.82) is 0 Å². The Hall–Kier alpha value is -3.84. The summed E-state index contributed by atoms with van der Waals surface area (Å²) in [6.45, 7) is 0.488. The van der Waals surface area contributed by atoms with Crippen LogP contribution in [0.1, 0.15) is 16.7 Å². The molecular formula is C26H22N2O4S. The fourth-order valence-corrected chi connectivity index (χ4v) is 4.24. The van der Waals surface area contributed by atoms with Gasteiger partial charge in [-0.3, -0.25) is 14.7 Å². The highest BCUT2D eigenvalue weighted by Crippen LogP contribution is 2.34. The SMILES string of the molecule is O=C(O)COc1cccc(/C=C2\SC(=NCc3ccccc3)N(Cc3ccccc3)C2=O)c1. The fraction of sp³-hybridized carbons (Fsp3) is 0.115. The van der Waals surface area contributed by atoms with E-state index in [0.717, 1.165) is 16.7 Å². The first kappa shape index (κ1) is 22.4. The van der Waals surface area contributed by atoms with Crippen LogP contribution in [0.2, 0.25) is 0 Å². The third-order valence-electron chi connectivity index (χ3n) is 4.83. The number of carboxylic acids is 1. The van der Waals surface area contributed by atoms with Crippen molar-refractivity contribution in [3.05, 3.63) is 107 Å². The Morgan fingerprint density at radius 3 is 2.36 bits per heavy atom. The van der Waals surface area contributed by atoms with Gasteiger partial charge in [0.25, 0.3) is 5.91 Å². The molecule has 0 aromatic heterocycles. The molecule has 1 aliphatic rings. The summed E-state index contributed by atoms with van der Waals surface area (Å²) >= 11 is 1.34. The Balaban J connectivity index is 1.59. The molecule has 1 amide bonds. The number of ether oxygens (including phenoxy) is 1. The van der Waals surface area contributed by atoms with E-state index in [9.17, 15) is 9.59 Å². The fourth-order valence-electron chi connectivity index (χ4n) is 3.26. The molecule has 0 spiro atoms. The molecule has 1 saturated heterocycles. The number of amidine groups is 1. The van der Waals surface area contributed by atoms with Gasteiger partial charge in [-0.25, -0.2) is 4.79 Å². The average molecular weight is 459 g/mol. The van der Waals surface area contributed by atoms with Crippen LogP contribution in [0.3, 0.4) is 0 Å². The number of carbonyl (C=O) groups excluding carboxylic acids is 1. The van der Waals surface area contributed by atoms with Crippen LogP contribution in [0.25, 0.3) is 6.08 Å². The molecule has 0 atom stereocenters. The maximum atomic E-state index is 13.3. The van der Waals surface area contributed by atoms with E-state index in [4.69, 9.17) is 14.8 Å². The molecule has 3 aromatic rings. The van der Waals surface area contributed by atoms with Crippen molar-refractivity contribution in [1.82, 2.24) is 4.90 Å². The molecule has 4 rings (SSSR count). The number of benzene rings is 3. The molecule has 1 N–H and O–H groups in total. The van der Waals surface area contributed by atoms with Crippen LogP contribution in [-0.4, -0.2) is 33.7 Å². The summed E-state index contributed by atoms with van der Waals surface area (Å²) < 4.78 is 5.25. The van der Waals surface area contributed by atoms with E-state index in [2.05, 4.69) is 0 Å². The number of hydrogen-bond donors (Lipinski definition) is 1. The monoisotopic (exact) mass is 458 g/mol. The number of amides is 1. The quantitative estimate of drug-likeness (QED) is 0.490. The number of nitrogens with zero attached hydrogens (tertiary/aromatic N) is 2. The molecule has 0 unspecified atom stereocenters. The number of hydrogen-bond acceptors (Lipinski definition) is 5. The molecule has 0 aliphatic carbocycles. The van der Waals surface area contributed by atoms with Gasteiger partial charge in [-0.2, -0.15) is 0 Å². The summed E-state index contributed by atoms with van der Waals surface area (Å²) in [5, 5.41) is 9.47. The van der Waals surface area contributed by atoms with Gasteiger partial charge in [0.2, 0.25) is 0 Å². The maximum absolute atomic E-state index is 13.3. The highest BCUT2D eigenvalue weighted by atomic mass is 32.2. The van der Waals surface area contributed by atoms with Gasteiger partial charge in [0, 0.05) is 0 Å². The van der Waals surface area contributed by atoms with Gasteiger partial charge >= 0.3 is 5.97 Å². The van der Waals surface area contributed by atoms with Crippen LogP contribution >= 0.6 is 11.8 Å². The Kier molecular flexibility index (Phi) is 7.22. The molecular weight excluding hydrogens is 436 g/mol. The van der Waals surface area contributed by atoms with E-state index in [1.165, 1.54) is 11.8 Å². The van der Waals surface area contributed by atoms with Crippen LogP contribution in [0, 0.1) is 0 Å². The molecule has 0 bridgehead atoms. The number of aliphatic carboxylic acids is 1. The minimum atomic E-state index is -1.05. The van der Waals surface area contributed by atoms with Crippen LogP contribution < -0.4 is 4.74 Å². The highest BCUT2D eigenvalue weighted by Gasteiger charge is 2.33. The normalized spacial score (nSPS) is 15.9. The lowest BCUT2D eigenvalue weighted by molar-refractivity contribution is -0.139. The van der Waals surface area contributed by atoms with E-state index < -0.39 is 12.6 Å². The zero-order valence-electron chi connectivity index (χ0n) is 17.8. The van der Waals surface area contributed by atoms with Gasteiger partial charge < -0.3 is 9.84 Å².